The van der Waals surface area contributed by atoms with Crippen molar-refractivity contribution >= 4 is 35.1 Å². The quantitative estimate of drug-likeness (QED) is 0.737. The van der Waals surface area contributed by atoms with Crippen molar-refractivity contribution in [2.24, 2.45) is 4.99 Å². The van der Waals surface area contributed by atoms with Crippen LogP contribution in [0.1, 0.15) is 11.1 Å². The Morgan fingerprint density at radius 1 is 1.11 bits per heavy atom. The average Bonchev–Trinajstić information content (AvgIpc) is 2.38. The molecule has 2 aromatic carbocycles. The number of benzene rings is 2. The van der Waals surface area contributed by atoms with E-state index < -0.39 is 0 Å². The predicted molar refractivity (Wildman–Crippen MR) is 74.9 cm³/mol. The topological polar surface area (TPSA) is 36.1 Å². The molecule has 0 saturated carbocycles. The number of nitrogens with zero attached hydrogens (tertiary/aromatic N) is 2. The largest absolute Gasteiger partial charge is 0.255 e. The van der Waals surface area contributed by atoms with E-state index in [0.29, 0.717) is 21.3 Å². The first-order valence-electron chi connectivity index (χ1n) is 5.19. The molecule has 0 atom stereocenters. The summed E-state index contributed by atoms with van der Waals surface area (Å²) in [6.45, 7) is 0. The fraction of sp³-hybridized carbons (Fsp3) is 0. The number of para-hydroxylation sites is 1. The Morgan fingerprint density at radius 2 is 1.89 bits per heavy atom. The van der Waals surface area contributed by atoms with E-state index in [2.05, 4.69) is 11.1 Å². The molecule has 88 valence electrons. The third-order valence-electron chi connectivity index (χ3n) is 2.33. The monoisotopic (exact) mass is 274 g/mol. The highest BCUT2D eigenvalue weighted by molar-refractivity contribution is 6.36. The summed E-state index contributed by atoms with van der Waals surface area (Å²) in [6, 6.07) is 14.4. The van der Waals surface area contributed by atoms with Gasteiger partial charge in [0.15, 0.2) is 0 Å². The van der Waals surface area contributed by atoms with Crippen LogP contribution in [0.15, 0.2) is 47.5 Å². The summed E-state index contributed by atoms with van der Waals surface area (Å²) in [5, 5.41) is 10.0. The SMILES string of the molecule is N#Cc1ccccc1N=Cc1ccc(Cl)cc1Cl. The molecule has 2 nitrogen and oxygen atoms in total. The van der Waals surface area contributed by atoms with Gasteiger partial charge in [0.2, 0.25) is 0 Å². The normalized spacial score (nSPS) is 10.5. The molecular formula is C14H8Cl2N2. The van der Waals surface area contributed by atoms with Crippen LogP contribution < -0.4 is 0 Å². The number of aliphatic imine (C=N–C) groups is 1. The zero-order valence-electron chi connectivity index (χ0n) is 9.27. The van der Waals surface area contributed by atoms with Crippen molar-refractivity contribution in [3.8, 4) is 6.07 Å². The minimum atomic E-state index is 0.527. The maximum Gasteiger partial charge on any atom is 0.101 e. The molecule has 0 unspecified atom stereocenters. The first-order valence-corrected chi connectivity index (χ1v) is 5.94. The molecule has 0 fully saturated rings. The van der Waals surface area contributed by atoms with Gasteiger partial charge in [-0.1, -0.05) is 41.4 Å². The molecule has 0 aromatic heterocycles. The first-order chi connectivity index (χ1) is 8.70. The molecule has 0 heterocycles. The molecule has 0 amide bonds. The van der Waals surface area contributed by atoms with Crippen LogP contribution in [-0.2, 0) is 0 Å². The van der Waals surface area contributed by atoms with Crippen molar-refractivity contribution in [2.45, 2.75) is 0 Å². The molecule has 0 bridgehead atoms. The maximum atomic E-state index is 8.94. The van der Waals surface area contributed by atoms with Crippen LogP contribution in [0.2, 0.25) is 10.0 Å². The van der Waals surface area contributed by atoms with Crippen molar-refractivity contribution in [1.82, 2.24) is 0 Å². The van der Waals surface area contributed by atoms with Crippen LogP contribution in [0, 0.1) is 11.3 Å². The van der Waals surface area contributed by atoms with Crippen molar-refractivity contribution < 1.29 is 0 Å². The van der Waals surface area contributed by atoms with Gasteiger partial charge in [-0.3, -0.25) is 4.99 Å². The van der Waals surface area contributed by atoms with Crippen molar-refractivity contribution in [1.29, 1.82) is 5.26 Å². The fourth-order valence-corrected chi connectivity index (χ4v) is 1.88. The van der Waals surface area contributed by atoms with Gasteiger partial charge in [-0.15, -0.1) is 0 Å². The molecule has 0 saturated heterocycles. The summed E-state index contributed by atoms with van der Waals surface area (Å²) in [7, 11) is 0. The molecule has 0 N–H and O–H groups in total. The summed E-state index contributed by atoms with van der Waals surface area (Å²) in [5.74, 6) is 0. The lowest BCUT2D eigenvalue weighted by molar-refractivity contribution is 1.44. The molecule has 4 heteroatoms. The Morgan fingerprint density at radius 3 is 2.61 bits per heavy atom. The number of hydrogen-bond donors (Lipinski definition) is 0. The lowest BCUT2D eigenvalue weighted by atomic mass is 10.2. The number of nitriles is 1. The van der Waals surface area contributed by atoms with E-state index in [1.165, 1.54) is 0 Å². The Bertz CT molecular complexity index is 642. The van der Waals surface area contributed by atoms with Crippen LogP contribution in [0.5, 0.6) is 0 Å². The van der Waals surface area contributed by atoms with Crippen LogP contribution in [0.4, 0.5) is 5.69 Å². The third kappa shape index (κ3) is 2.89. The standard InChI is InChI=1S/C14H8Cl2N2/c15-12-6-5-11(13(16)7-12)9-18-14-4-2-1-3-10(14)8-17/h1-7,9H. The van der Waals surface area contributed by atoms with Gasteiger partial charge in [0, 0.05) is 16.8 Å². The van der Waals surface area contributed by atoms with Crippen LogP contribution in [0.3, 0.4) is 0 Å². The summed E-state index contributed by atoms with van der Waals surface area (Å²) in [5.41, 5.74) is 1.90. The second-order valence-electron chi connectivity index (χ2n) is 3.55. The van der Waals surface area contributed by atoms with Crippen molar-refractivity contribution in [2.75, 3.05) is 0 Å². The van der Waals surface area contributed by atoms with Crippen molar-refractivity contribution in [3.05, 3.63) is 63.6 Å². The van der Waals surface area contributed by atoms with E-state index in [9.17, 15) is 0 Å². The summed E-state index contributed by atoms with van der Waals surface area (Å²) < 4.78 is 0. The molecule has 2 rings (SSSR count). The summed E-state index contributed by atoms with van der Waals surface area (Å²) in [6.07, 6.45) is 1.62. The highest BCUT2D eigenvalue weighted by Crippen LogP contribution is 2.21. The van der Waals surface area contributed by atoms with Gasteiger partial charge in [-0.25, -0.2) is 0 Å². The van der Waals surface area contributed by atoms with Crippen LogP contribution in [0.25, 0.3) is 0 Å². The average molecular weight is 275 g/mol. The molecule has 0 aliphatic rings. The summed E-state index contributed by atoms with van der Waals surface area (Å²) in [4.78, 5) is 4.26. The first kappa shape index (κ1) is 12.6. The molecule has 18 heavy (non-hydrogen) atoms. The van der Waals surface area contributed by atoms with Gasteiger partial charge in [0.1, 0.15) is 6.07 Å². The zero-order chi connectivity index (χ0) is 13.0. The summed E-state index contributed by atoms with van der Waals surface area (Å²) >= 11 is 11.8. The van der Waals surface area contributed by atoms with Gasteiger partial charge in [0.05, 0.1) is 16.3 Å². The smallest absolute Gasteiger partial charge is 0.101 e. The van der Waals surface area contributed by atoms with Gasteiger partial charge >= 0.3 is 0 Å². The van der Waals surface area contributed by atoms with E-state index in [1.807, 2.05) is 6.07 Å². The Balaban J connectivity index is 2.34. The minimum absolute atomic E-state index is 0.527. The van der Waals surface area contributed by atoms with Gasteiger partial charge in [-0.05, 0) is 24.3 Å². The molecule has 0 spiro atoms. The Kier molecular flexibility index (Phi) is 3.99. The van der Waals surface area contributed by atoms with E-state index in [0.717, 1.165) is 5.56 Å². The van der Waals surface area contributed by atoms with Gasteiger partial charge < -0.3 is 0 Å². The molecular weight excluding hydrogens is 267 g/mol. The number of halogens is 2. The minimum Gasteiger partial charge on any atom is -0.255 e. The van der Waals surface area contributed by atoms with E-state index >= 15 is 0 Å². The molecule has 0 aliphatic heterocycles. The predicted octanol–water partition coefficient (Wildman–Crippen LogP) is 4.62. The zero-order valence-corrected chi connectivity index (χ0v) is 10.8. The number of rotatable bonds is 2. The van der Waals surface area contributed by atoms with E-state index in [-0.39, 0.29) is 0 Å². The Hall–Kier alpha value is -1.82. The maximum absolute atomic E-state index is 8.94. The van der Waals surface area contributed by atoms with Crippen LogP contribution >= 0.6 is 23.2 Å². The van der Waals surface area contributed by atoms with E-state index in [4.69, 9.17) is 28.5 Å². The highest BCUT2D eigenvalue weighted by Gasteiger charge is 2.00. The van der Waals surface area contributed by atoms with Crippen molar-refractivity contribution in [3.63, 3.8) is 0 Å². The Labute approximate surface area is 115 Å². The highest BCUT2D eigenvalue weighted by atomic mass is 35.5. The third-order valence-corrected chi connectivity index (χ3v) is 2.89. The second kappa shape index (κ2) is 5.68. The fourth-order valence-electron chi connectivity index (χ4n) is 1.43. The molecule has 2 aromatic rings. The number of hydrogen-bond acceptors (Lipinski definition) is 2. The van der Waals surface area contributed by atoms with E-state index in [1.54, 1.807) is 42.6 Å². The molecule has 0 aliphatic carbocycles. The second-order valence-corrected chi connectivity index (χ2v) is 4.40. The van der Waals surface area contributed by atoms with Gasteiger partial charge in [0.25, 0.3) is 0 Å². The van der Waals surface area contributed by atoms with Gasteiger partial charge in [-0.2, -0.15) is 5.26 Å². The van der Waals surface area contributed by atoms with Crippen LogP contribution in [-0.4, -0.2) is 6.21 Å². The molecule has 0 radical (unpaired) electrons. The lowest BCUT2D eigenvalue weighted by Crippen LogP contribution is -1.83. The lowest BCUT2D eigenvalue weighted by Gasteiger charge is -1.99.